The van der Waals surface area contributed by atoms with Gasteiger partial charge in [0.1, 0.15) is 0 Å². The molecule has 0 N–H and O–H groups in total. The SMILES string of the molecule is C=C1C(=O)N(c2ccc3c(c2)ncn3P)C1c1ccc(OCCC(C)P)nc1. The van der Waals surface area contributed by atoms with Crippen LogP contribution in [0.4, 0.5) is 5.69 Å². The molecule has 1 aromatic carbocycles. The van der Waals surface area contributed by atoms with E-state index in [9.17, 15) is 4.79 Å². The first-order valence-electron chi connectivity index (χ1n) is 9.04. The third kappa shape index (κ3) is 3.43. The van der Waals surface area contributed by atoms with Crippen molar-refractivity contribution in [2.24, 2.45) is 0 Å². The Bertz CT molecular complexity index is 1050. The van der Waals surface area contributed by atoms with Crippen LogP contribution in [0.15, 0.2) is 55.0 Å². The first-order valence-corrected chi connectivity index (χ1v) is 10.2. The highest BCUT2D eigenvalue weighted by Crippen LogP contribution is 2.42. The number of carbonyl (C=O) groups is 1. The van der Waals surface area contributed by atoms with Gasteiger partial charge in [-0.3, -0.25) is 9.69 Å². The highest BCUT2D eigenvalue weighted by Gasteiger charge is 2.42. The lowest BCUT2D eigenvalue weighted by Crippen LogP contribution is -2.48. The van der Waals surface area contributed by atoms with Gasteiger partial charge in [-0.15, -0.1) is 9.24 Å². The molecule has 1 aliphatic heterocycles. The number of β-lactam (4-membered cyclic amide) rings is 1. The van der Waals surface area contributed by atoms with Gasteiger partial charge in [0.25, 0.3) is 5.91 Å². The normalized spacial score (nSPS) is 17.7. The zero-order chi connectivity index (χ0) is 19.8. The van der Waals surface area contributed by atoms with Crippen molar-refractivity contribution in [2.75, 3.05) is 11.5 Å². The van der Waals surface area contributed by atoms with E-state index in [0.717, 1.165) is 28.7 Å². The van der Waals surface area contributed by atoms with Crippen molar-refractivity contribution in [3.63, 3.8) is 0 Å². The van der Waals surface area contributed by atoms with Gasteiger partial charge in [0, 0.05) is 23.5 Å². The van der Waals surface area contributed by atoms with Crippen LogP contribution in [0.1, 0.15) is 24.9 Å². The molecule has 0 aliphatic carbocycles. The van der Waals surface area contributed by atoms with Crippen molar-refractivity contribution in [3.05, 3.63) is 60.6 Å². The first kappa shape index (κ1) is 19.0. The molecule has 1 aliphatic rings. The fourth-order valence-electron chi connectivity index (χ4n) is 3.25. The third-order valence-electron chi connectivity index (χ3n) is 4.82. The molecule has 144 valence electrons. The summed E-state index contributed by atoms with van der Waals surface area (Å²) < 4.78 is 7.54. The summed E-state index contributed by atoms with van der Waals surface area (Å²) in [5.41, 5.74) is 4.60. The smallest absolute Gasteiger partial charge is 0.256 e. The van der Waals surface area contributed by atoms with E-state index in [2.05, 4.69) is 42.1 Å². The summed E-state index contributed by atoms with van der Waals surface area (Å²) in [6.07, 6.45) is 4.43. The second-order valence-corrected chi connectivity index (χ2v) is 8.67. The predicted octanol–water partition coefficient (Wildman–Crippen LogP) is 3.75. The first-order chi connectivity index (χ1) is 13.5. The molecule has 3 heterocycles. The molecule has 3 aromatic rings. The van der Waals surface area contributed by atoms with E-state index in [1.165, 1.54) is 0 Å². The maximum Gasteiger partial charge on any atom is 0.256 e. The van der Waals surface area contributed by atoms with Crippen LogP contribution in [0.25, 0.3) is 11.0 Å². The lowest BCUT2D eigenvalue weighted by molar-refractivity contribution is -0.118. The zero-order valence-corrected chi connectivity index (χ0v) is 17.9. The predicted molar refractivity (Wildman–Crippen MR) is 118 cm³/mol. The molecule has 0 bridgehead atoms. The number of hydrogen-bond acceptors (Lipinski definition) is 4. The van der Waals surface area contributed by atoms with Crippen LogP contribution in [0.3, 0.4) is 0 Å². The molecule has 4 unspecified atom stereocenters. The summed E-state index contributed by atoms with van der Waals surface area (Å²) in [5, 5.41) is 0. The molecule has 1 fully saturated rings. The lowest BCUT2D eigenvalue weighted by Gasteiger charge is -2.42. The van der Waals surface area contributed by atoms with Crippen molar-refractivity contribution in [1.82, 2.24) is 14.3 Å². The van der Waals surface area contributed by atoms with Gasteiger partial charge >= 0.3 is 0 Å². The van der Waals surface area contributed by atoms with Crippen LogP contribution < -0.4 is 9.64 Å². The summed E-state index contributed by atoms with van der Waals surface area (Å²) in [6, 6.07) is 9.36. The standard InChI is InChI=1S/C20H22N4O2P2/c1-12(27)7-8-26-18-6-3-14(10-21-18)19-13(2)20(25)24(19)15-4-5-17-16(9-15)22-11-23(17)28/h3-6,9-12,19H,2,7-8,27-28H2,1H3. The van der Waals surface area contributed by atoms with Crippen LogP contribution in [-0.4, -0.2) is 32.5 Å². The Labute approximate surface area is 168 Å². The Balaban J connectivity index is 1.55. The van der Waals surface area contributed by atoms with Crippen molar-refractivity contribution >= 4 is 41.3 Å². The number of amides is 1. The number of ether oxygens (including phenoxy) is 1. The van der Waals surface area contributed by atoms with Gasteiger partial charge in [-0.2, -0.15) is 0 Å². The van der Waals surface area contributed by atoms with Crippen molar-refractivity contribution in [3.8, 4) is 5.88 Å². The van der Waals surface area contributed by atoms with E-state index in [1.807, 2.05) is 34.7 Å². The van der Waals surface area contributed by atoms with Gasteiger partial charge in [-0.1, -0.05) is 13.5 Å². The maximum absolute atomic E-state index is 12.5. The van der Waals surface area contributed by atoms with Crippen LogP contribution >= 0.6 is 18.6 Å². The Hall–Kier alpha value is -2.29. The zero-order valence-electron chi connectivity index (χ0n) is 15.6. The molecule has 1 amide bonds. The van der Waals surface area contributed by atoms with Crippen LogP contribution in [0.2, 0.25) is 0 Å². The number of anilines is 1. The van der Waals surface area contributed by atoms with E-state index < -0.39 is 0 Å². The molecule has 28 heavy (non-hydrogen) atoms. The molecule has 0 saturated carbocycles. The monoisotopic (exact) mass is 412 g/mol. The molecular formula is C20H22N4O2P2. The minimum Gasteiger partial charge on any atom is -0.478 e. The number of aromatic nitrogens is 3. The van der Waals surface area contributed by atoms with Crippen molar-refractivity contribution in [2.45, 2.75) is 25.0 Å². The Morgan fingerprint density at radius 2 is 2.11 bits per heavy atom. The van der Waals surface area contributed by atoms with Gasteiger partial charge in [0.05, 0.1) is 30.0 Å². The van der Waals surface area contributed by atoms with Crippen molar-refractivity contribution < 1.29 is 9.53 Å². The third-order valence-corrected chi connectivity index (χ3v) is 5.56. The lowest BCUT2D eigenvalue weighted by atomic mass is 9.89. The van der Waals surface area contributed by atoms with E-state index in [0.29, 0.717) is 23.7 Å². The molecular weight excluding hydrogens is 390 g/mol. The number of nitrogens with zero attached hydrogens (tertiary/aromatic N) is 4. The number of carbonyl (C=O) groups excluding carboxylic acids is 1. The molecule has 8 heteroatoms. The van der Waals surface area contributed by atoms with E-state index in [1.54, 1.807) is 17.4 Å². The molecule has 4 rings (SSSR count). The molecule has 1 saturated heterocycles. The van der Waals surface area contributed by atoms with Crippen LogP contribution in [0.5, 0.6) is 5.88 Å². The average molecular weight is 412 g/mol. The topological polar surface area (TPSA) is 60.2 Å². The maximum atomic E-state index is 12.5. The Kier molecular flexibility index (Phi) is 5.18. The Morgan fingerprint density at radius 1 is 1.29 bits per heavy atom. The average Bonchev–Trinajstić information content (AvgIpc) is 3.06. The molecule has 0 spiro atoms. The molecule has 6 nitrogen and oxygen atoms in total. The molecule has 4 atom stereocenters. The van der Waals surface area contributed by atoms with Crippen LogP contribution in [-0.2, 0) is 4.79 Å². The number of fused-ring (bicyclic) bond motifs is 1. The fraction of sp³-hybridized carbons (Fsp3) is 0.250. The highest BCUT2D eigenvalue weighted by atomic mass is 31.0. The molecule has 2 aromatic heterocycles. The summed E-state index contributed by atoms with van der Waals surface area (Å²) in [7, 11) is 5.35. The number of imidazole rings is 1. The van der Waals surface area contributed by atoms with E-state index in [4.69, 9.17) is 4.74 Å². The number of benzene rings is 1. The minimum absolute atomic E-state index is 0.0792. The minimum atomic E-state index is -0.225. The number of rotatable bonds is 6. The number of pyridine rings is 1. The van der Waals surface area contributed by atoms with Gasteiger partial charge in [0.2, 0.25) is 5.88 Å². The van der Waals surface area contributed by atoms with Gasteiger partial charge < -0.3 is 9.07 Å². The second kappa shape index (κ2) is 7.62. The summed E-state index contributed by atoms with van der Waals surface area (Å²) >= 11 is 0. The van der Waals surface area contributed by atoms with Gasteiger partial charge in [-0.25, -0.2) is 9.97 Å². The largest absolute Gasteiger partial charge is 0.478 e. The highest BCUT2D eigenvalue weighted by molar-refractivity contribution is 7.17. The van der Waals surface area contributed by atoms with Gasteiger partial charge in [-0.05, 0) is 51.3 Å². The summed E-state index contributed by atoms with van der Waals surface area (Å²) in [6.45, 7) is 6.71. The van der Waals surface area contributed by atoms with Gasteiger partial charge in [0.15, 0.2) is 0 Å². The summed E-state index contributed by atoms with van der Waals surface area (Å²) in [4.78, 5) is 23.0. The van der Waals surface area contributed by atoms with E-state index in [-0.39, 0.29) is 11.9 Å². The Morgan fingerprint density at radius 3 is 2.82 bits per heavy atom. The quantitative estimate of drug-likeness (QED) is 0.352. The second-order valence-electron chi connectivity index (χ2n) is 6.97. The van der Waals surface area contributed by atoms with Crippen molar-refractivity contribution in [1.29, 1.82) is 0 Å². The summed E-state index contributed by atoms with van der Waals surface area (Å²) in [5.74, 6) is 0.508. The van der Waals surface area contributed by atoms with Crippen LogP contribution in [0, 0.1) is 0 Å². The van der Waals surface area contributed by atoms with E-state index >= 15 is 0 Å². The number of hydrogen-bond donors (Lipinski definition) is 0. The molecule has 0 radical (unpaired) electrons. The fourth-order valence-corrected chi connectivity index (χ4v) is 3.67.